The molecule has 0 atom stereocenters. The van der Waals surface area contributed by atoms with Crippen LogP contribution in [0.5, 0.6) is 5.75 Å². The first kappa shape index (κ1) is 24.2. The third kappa shape index (κ3) is 7.29. The smallest absolute Gasteiger partial charge is 0.416 e. The summed E-state index contributed by atoms with van der Waals surface area (Å²) in [6.07, 6.45) is -8.75. The molecule has 0 aliphatic rings. The molecule has 0 bridgehead atoms. The van der Waals surface area contributed by atoms with E-state index in [-0.39, 0.29) is 17.5 Å². The number of carbonyl (C=O) groups excluding carboxylic acids is 1. The lowest BCUT2D eigenvalue weighted by molar-refractivity contribution is -0.143. The van der Waals surface area contributed by atoms with Crippen molar-refractivity contribution in [2.24, 2.45) is 0 Å². The molecule has 0 aliphatic heterocycles. The summed E-state index contributed by atoms with van der Waals surface area (Å²) in [4.78, 5) is 13.0. The van der Waals surface area contributed by atoms with Crippen LogP contribution >= 0.6 is 11.3 Å². The van der Waals surface area contributed by atoms with E-state index in [9.17, 15) is 39.6 Å². The molecular weight excluding hydrogens is 460 g/mol. The minimum atomic E-state index is -5.02. The average Bonchev–Trinajstić information content (AvgIpc) is 3.05. The first-order valence-electron chi connectivity index (χ1n) is 8.14. The standard InChI is InChI=1S/C17H15F6NO4S2/c1-30(26,27)24-5-4-13-2-3-15(29-13)14(25)9-28-12-7-10(16(18,19)20)6-11(8-12)17(21,22)23/h2-3,6-8,24H,4-5,9H2,1H3. The number of thiophene rings is 1. The van der Waals surface area contributed by atoms with Gasteiger partial charge in [-0.1, -0.05) is 0 Å². The third-order valence-corrected chi connectivity index (χ3v) is 5.52. The van der Waals surface area contributed by atoms with E-state index >= 15 is 0 Å². The zero-order chi connectivity index (χ0) is 22.7. The lowest BCUT2D eigenvalue weighted by Crippen LogP contribution is -2.24. The number of hydrogen-bond acceptors (Lipinski definition) is 5. The molecular formula is C17H15F6NO4S2. The Morgan fingerprint density at radius 1 is 1.03 bits per heavy atom. The highest BCUT2D eigenvalue weighted by atomic mass is 32.2. The topological polar surface area (TPSA) is 72.5 Å². The SMILES string of the molecule is CS(=O)(=O)NCCc1ccc(C(=O)COc2cc(C(F)(F)F)cc(C(F)(F)F)c2)s1. The molecule has 1 N–H and O–H groups in total. The van der Waals surface area contributed by atoms with Crippen LogP contribution in [0.15, 0.2) is 30.3 Å². The van der Waals surface area contributed by atoms with E-state index in [1.165, 1.54) is 6.07 Å². The summed E-state index contributed by atoms with van der Waals surface area (Å²) in [5.41, 5.74) is -3.09. The van der Waals surface area contributed by atoms with E-state index in [2.05, 4.69) is 4.72 Å². The van der Waals surface area contributed by atoms with Crippen molar-refractivity contribution in [1.29, 1.82) is 0 Å². The Labute approximate surface area is 171 Å². The van der Waals surface area contributed by atoms with Crippen molar-refractivity contribution in [1.82, 2.24) is 4.72 Å². The lowest BCUT2D eigenvalue weighted by Gasteiger charge is -2.14. The van der Waals surface area contributed by atoms with Gasteiger partial charge in [0.15, 0.2) is 6.61 Å². The molecule has 2 aromatic rings. The summed E-state index contributed by atoms with van der Waals surface area (Å²) in [6, 6.07) is 3.72. The van der Waals surface area contributed by atoms with Crippen LogP contribution in [0.2, 0.25) is 0 Å². The number of sulfonamides is 1. The monoisotopic (exact) mass is 475 g/mol. The normalized spacial score (nSPS) is 12.8. The van der Waals surface area contributed by atoms with Crippen molar-refractivity contribution >= 4 is 27.1 Å². The molecule has 0 spiro atoms. The van der Waals surface area contributed by atoms with E-state index in [4.69, 9.17) is 4.74 Å². The van der Waals surface area contributed by atoms with Crippen molar-refractivity contribution in [3.05, 3.63) is 51.2 Å². The van der Waals surface area contributed by atoms with Gasteiger partial charge in [-0.15, -0.1) is 11.3 Å². The summed E-state index contributed by atoms with van der Waals surface area (Å²) < 4.78 is 106. The molecule has 0 fully saturated rings. The van der Waals surface area contributed by atoms with E-state index in [1.54, 1.807) is 6.07 Å². The second-order valence-corrected chi connectivity index (χ2v) is 9.14. The number of benzene rings is 1. The van der Waals surface area contributed by atoms with Crippen molar-refractivity contribution < 1.29 is 44.3 Å². The van der Waals surface area contributed by atoms with Gasteiger partial charge in [0.25, 0.3) is 0 Å². The summed E-state index contributed by atoms with van der Waals surface area (Å²) >= 11 is 1.02. The number of nitrogens with one attached hydrogen (secondary N) is 1. The molecule has 1 aromatic heterocycles. The fourth-order valence-corrected chi connectivity index (χ4v) is 3.66. The highest BCUT2D eigenvalue weighted by Gasteiger charge is 2.37. The molecule has 166 valence electrons. The fourth-order valence-electron chi connectivity index (χ4n) is 2.25. The highest BCUT2D eigenvalue weighted by Crippen LogP contribution is 2.38. The predicted octanol–water partition coefficient (Wildman–Crippen LogP) is 4.14. The minimum absolute atomic E-state index is 0.0369. The van der Waals surface area contributed by atoms with Gasteiger partial charge in [-0.3, -0.25) is 4.79 Å². The molecule has 0 saturated carbocycles. The summed E-state index contributed by atoms with van der Waals surface area (Å²) in [6.45, 7) is -0.659. The lowest BCUT2D eigenvalue weighted by atomic mass is 10.1. The molecule has 0 saturated heterocycles. The van der Waals surface area contributed by atoms with Crippen LogP contribution in [0.4, 0.5) is 26.3 Å². The molecule has 1 heterocycles. The van der Waals surface area contributed by atoms with Crippen LogP contribution in [-0.4, -0.2) is 33.6 Å². The van der Waals surface area contributed by atoms with Crippen LogP contribution in [0.1, 0.15) is 25.7 Å². The molecule has 2 rings (SSSR count). The largest absolute Gasteiger partial charge is 0.485 e. The maximum Gasteiger partial charge on any atom is 0.416 e. The van der Waals surface area contributed by atoms with Gasteiger partial charge in [0.05, 0.1) is 22.3 Å². The average molecular weight is 475 g/mol. The molecule has 0 aliphatic carbocycles. The Morgan fingerprint density at radius 3 is 2.10 bits per heavy atom. The van der Waals surface area contributed by atoms with Crippen molar-refractivity contribution in [3.63, 3.8) is 0 Å². The second kappa shape index (κ2) is 8.94. The second-order valence-electron chi connectivity index (χ2n) is 6.14. The number of hydrogen-bond donors (Lipinski definition) is 1. The molecule has 5 nitrogen and oxygen atoms in total. The number of alkyl halides is 6. The Bertz CT molecular complexity index is 980. The quantitative estimate of drug-likeness (QED) is 0.460. The Morgan fingerprint density at radius 2 is 1.60 bits per heavy atom. The third-order valence-electron chi connectivity index (χ3n) is 3.60. The fraction of sp³-hybridized carbons (Fsp3) is 0.353. The maximum absolute atomic E-state index is 12.8. The van der Waals surface area contributed by atoms with Gasteiger partial charge in [-0.05, 0) is 36.8 Å². The van der Waals surface area contributed by atoms with E-state index < -0.39 is 51.6 Å². The summed E-state index contributed by atoms with van der Waals surface area (Å²) in [5, 5.41) is 0. The number of rotatable bonds is 8. The van der Waals surface area contributed by atoms with Gasteiger partial charge in [-0.2, -0.15) is 26.3 Å². The van der Waals surface area contributed by atoms with Crippen LogP contribution in [-0.2, 0) is 28.8 Å². The minimum Gasteiger partial charge on any atom is -0.485 e. The molecule has 0 amide bonds. The number of Topliss-reactive ketones (excluding diaryl/α,β-unsaturated/α-hetero) is 1. The molecule has 0 radical (unpaired) electrons. The van der Waals surface area contributed by atoms with Crippen molar-refractivity contribution in [2.75, 3.05) is 19.4 Å². The molecule has 0 unspecified atom stereocenters. The summed E-state index contributed by atoms with van der Waals surface area (Å²) in [7, 11) is -3.36. The summed E-state index contributed by atoms with van der Waals surface area (Å²) in [5.74, 6) is -1.38. The Hall–Kier alpha value is -2.12. The van der Waals surface area contributed by atoms with Gasteiger partial charge < -0.3 is 4.74 Å². The molecule has 1 aromatic carbocycles. The maximum atomic E-state index is 12.8. The van der Waals surface area contributed by atoms with Crippen LogP contribution in [0, 0.1) is 0 Å². The van der Waals surface area contributed by atoms with E-state index in [1.807, 2.05) is 0 Å². The van der Waals surface area contributed by atoms with Crippen molar-refractivity contribution in [3.8, 4) is 5.75 Å². The first-order valence-corrected chi connectivity index (χ1v) is 10.8. The molecule has 13 heteroatoms. The van der Waals surface area contributed by atoms with Crippen LogP contribution < -0.4 is 9.46 Å². The highest BCUT2D eigenvalue weighted by molar-refractivity contribution is 7.88. The van der Waals surface area contributed by atoms with Crippen LogP contribution in [0.3, 0.4) is 0 Å². The Balaban J connectivity index is 2.07. The first-order chi connectivity index (χ1) is 13.6. The van der Waals surface area contributed by atoms with Gasteiger partial charge in [0.1, 0.15) is 5.75 Å². The van der Waals surface area contributed by atoms with E-state index in [0.717, 1.165) is 17.6 Å². The van der Waals surface area contributed by atoms with E-state index in [0.29, 0.717) is 23.4 Å². The van der Waals surface area contributed by atoms with Gasteiger partial charge in [0.2, 0.25) is 15.8 Å². The number of carbonyl (C=O) groups is 1. The van der Waals surface area contributed by atoms with Crippen molar-refractivity contribution in [2.45, 2.75) is 18.8 Å². The zero-order valence-corrected chi connectivity index (χ0v) is 16.9. The van der Waals surface area contributed by atoms with Gasteiger partial charge in [0, 0.05) is 11.4 Å². The van der Waals surface area contributed by atoms with Gasteiger partial charge in [-0.25, -0.2) is 13.1 Å². The number of ketones is 1. The Kier molecular flexibility index (Phi) is 7.20. The van der Waals surface area contributed by atoms with Crippen LogP contribution in [0.25, 0.3) is 0 Å². The predicted molar refractivity (Wildman–Crippen MR) is 97.1 cm³/mol. The zero-order valence-electron chi connectivity index (χ0n) is 15.2. The van der Waals surface area contributed by atoms with Gasteiger partial charge >= 0.3 is 12.4 Å². The molecule has 30 heavy (non-hydrogen) atoms. The number of ether oxygens (including phenoxy) is 1. The number of halogens is 6.